The van der Waals surface area contributed by atoms with Gasteiger partial charge < -0.3 is 5.11 Å². The Labute approximate surface area is 161 Å². The number of aromatic amines is 1. The smallest absolute Gasteiger partial charge is 0.262 e. The largest absolute Gasteiger partial charge is 0.494 e. The topological polar surface area (TPSA) is 70.4 Å². The van der Waals surface area contributed by atoms with Crippen LogP contribution in [0, 0.1) is 11.7 Å². The number of benzene rings is 2. The Bertz CT molecular complexity index is 1250. The molecule has 0 saturated carbocycles. The van der Waals surface area contributed by atoms with Crippen LogP contribution in [0.3, 0.4) is 0 Å². The summed E-state index contributed by atoms with van der Waals surface area (Å²) in [6.45, 7) is 3.83. The number of allylic oxidation sites excluding steroid dienone is 1. The minimum Gasteiger partial charge on any atom is -0.494 e. The lowest BCUT2D eigenvalue weighted by Crippen LogP contribution is -2.16. The first-order valence-corrected chi connectivity index (χ1v) is 8.88. The van der Waals surface area contributed by atoms with Crippen molar-refractivity contribution in [3.63, 3.8) is 0 Å². The first kappa shape index (κ1) is 17.2. The van der Waals surface area contributed by atoms with Gasteiger partial charge in [0.15, 0.2) is 4.77 Å². The fourth-order valence-corrected chi connectivity index (χ4v) is 3.52. The van der Waals surface area contributed by atoms with Crippen molar-refractivity contribution in [2.75, 3.05) is 0 Å². The van der Waals surface area contributed by atoms with E-state index in [2.05, 4.69) is 9.98 Å². The molecular weight excluding hydrogens is 358 g/mol. The van der Waals surface area contributed by atoms with Gasteiger partial charge in [-0.05, 0) is 55.9 Å². The number of aromatic hydroxyl groups is 1. The average Bonchev–Trinajstić information content (AvgIpc) is 2.93. The van der Waals surface area contributed by atoms with Crippen molar-refractivity contribution in [2.45, 2.75) is 13.8 Å². The van der Waals surface area contributed by atoms with Gasteiger partial charge in [-0.2, -0.15) is 0 Å². The quantitative estimate of drug-likeness (QED) is 0.645. The number of nitrogens with one attached hydrogen (secondary N) is 1. The zero-order valence-electron chi connectivity index (χ0n) is 14.9. The van der Waals surface area contributed by atoms with Gasteiger partial charge in [-0.3, -0.25) is 19.3 Å². The van der Waals surface area contributed by atoms with Crippen LogP contribution in [-0.4, -0.2) is 20.4 Å². The second-order valence-corrected chi connectivity index (χ2v) is 6.83. The molecule has 1 aromatic heterocycles. The maximum absolute atomic E-state index is 12.5. The molecule has 27 heavy (non-hydrogen) atoms. The number of aryl methyl sites for hydroxylation is 1. The molecule has 0 fully saturated rings. The molecule has 2 aromatic carbocycles. The number of hydrogen-bond donors (Lipinski definition) is 2. The van der Waals surface area contributed by atoms with Gasteiger partial charge in [0.1, 0.15) is 5.56 Å². The monoisotopic (exact) mass is 375 g/mol. The summed E-state index contributed by atoms with van der Waals surface area (Å²) in [7, 11) is 0. The number of nitrogens with zero attached hydrogens (tertiary/aromatic N) is 2. The second kappa shape index (κ2) is 6.48. The van der Waals surface area contributed by atoms with Gasteiger partial charge in [0.25, 0.3) is 5.56 Å². The van der Waals surface area contributed by atoms with Gasteiger partial charge in [-0.15, -0.1) is 0 Å². The highest BCUT2D eigenvalue weighted by molar-refractivity contribution is 7.71. The molecule has 0 aliphatic carbocycles. The Hall–Kier alpha value is -3.25. The number of aromatic nitrogens is 2. The van der Waals surface area contributed by atoms with Crippen LogP contribution in [0.25, 0.3) is 17.3 Å². The number of H-pyrrole nitrogens is 1. The maximum atomic E-state index is 12.5. The van der Waals surface area contributed by atoms with Gasteiger partial charge in [-0.25, -0.2) is 0 Å². The summed E-state index contributed by atoms with van der Waals surface area (Å²) in [6.07, 6.45) is 1.67. The summed E-state index contributed by atoms with van der Waals surface area (Å²) >= 11 is 5.28. The van der Waals surface area contributed by atoms with Crippen LogP contribution in [0.1, 0.15) is 23.6 Å². The molecule has 0 bridgehead atoms. The third-order valence-electron chi connectivity index (χ3n) is 4.54. The normalized spacial score (nSPS) is 14.3. The third-order valence-corrected chi connectivity index (χ3v) is 4.83. The van der Waals surface area contributed by atoms with Gasteiger partial charge in [0.2, 0.25) is 5.88 Å². The zero-order chi connectivity index (χ0) is 19.1. The lowest BCUT2D eigenvalue weighted by atomic mass is 10.0. The summed E-state index contributed by atoms with van der Waals surface area (Å²) in [5.41, 5.74) is 4.79. The first-order chi connectivity index (χ1) is 13.0. The summed E-state index contributed by atoms with van der Waals surface area (Å²) in [5, 5.41) is 10.9. The van der Waals surface area contributed by atoms with Crippen LogP contribution in [0.5, 0.6) is 5.88 Å². The Morgan fingerprint density at radius 3 is 2.70 bits per heavy atom. The Balaban J connectivity index is 1.96. The molecule has 2 heterocycles. The van der Waals surface area contributed by atoms with Crippen molar-refractivity contribution in [3.8, 4) is 11.6 Å². The van der Waals surface area contributed by atoms with E-state index in [9.17, 15) is 9.90 Å². The molecule has 1 aliphatic heterocycles. The summed E-state index contributed by atoms with van der Waals surface area (Å²) in [5.74, 6) is -0.195. The van der Waals surface area contributed by atoms with E-state index in [0.29, 0.717) is 5.69 Å². The van der Waals surface area contributed by atoms with E-state index in [0.717, 1.165) is 28.1 Å². The van der Waals surface area contributed by atoms with Crippen LogP contribution in [0.4, 0.5) is 5.69 Å². The van der Waals surface area contributed by atoms with Gasteiger partial charge in [-0.1, -0.05) is 30.3 Å². The molecule has 134 valence electrons. The lowest BCUT2D eigenvalue weighted by molar-refractivity contribution is 0.432. The summed E-state index contributed by atoms with van der Waals surface area (Å²) in [6, 6.07) is 15.3. The molecule has 5 nitrogen and oxygen atoms in total. The second-order valence-electron chi connectivity index (χ2n) is 6.44. The molecular formula is C21H17N3O2S. The van der Waals surface area contributed by atoms with E-state index in [1.165, 1.54) is 4.57 Å². The SMILES string of the molecule is CC1=Nc2ccccc2/C1=C\c1c(O)n(-c2cccc(C)c2)c(=S)[nH]c1=O. The van der Waals surface area contributed by atoms with Crippen molar-refractivity contribution in [1.82, 2.24) is 9.55 Å². The van der Waals surface area contributed by atoms with Crippen LogP contribution >= 0.6 is 12.2 Å². The molecule has 0 radical (unpaired) electrons. The highest BCUT2D eigenvalue weighted by Crippen LogP contribution is 2.36. The fraction of sp³-hybridized carbons (Fsp3) is 0.0952. The van der Waals surface area contributed by atoms with Crippen molar-refractivity contribution in [2.24, 2.45) is 4.99 Å². The number of para-hydroxylation sites is 1. The van der Waals surface area contributed by atoms with Crippen molar-refractivity contribution in [3.05, 3.63) is 80.3 Å². The average molecular weight is 375 g/mol. The standard InChI is InChI=1S/C21H17N3O2S/c1-12-6-5-7-14(10-12)24-20(26)17(19(25)23-21(24)27)11-16-13(2)22-18-9-4-3-8-15(16)18/h3-11,26H,1-2H3,(H,23,25,27)/b16-11-. The maximum Gasteiger partial charge on any atom is 0.262 e. The first-order valence-electron chi connectivity index (χ1n) is 8.48. The molecule has 0 saturated heterocycles. The van der Waals surface area contributed by atoms with Crippen molar-refractivity contribution < 1.29 is 5.11 Å². The van der Waals surface area contributed by atoms with E-state index in [1.54, 1.807) is 6.08 Å². The van der Waals surface area contributed by atoms with Crippen LogP contribution in [-0.2, 0) is 0 Å². The number of aliphatic imine (C=N–C) groups is 1. The van der Waals surface area contributed by atoms with E-state index in [-0.39, 0.29) is 16.2 Å². The zero-order valence-corrected chi connectivity index (χ0v) is 15.7. The van der Waals surface area contributed by atoms with Crippen molar-refractivity contribution >= 4 is 35.3 Å². The molecule has 3 aromatic rings. The summed E-state index contributed by atoms with van der Waals surface area (Å²) in [4.78, 5) is 19.7. The van der Waals surface area contributed by atoms with Gasteiger partial charge in [0.05, 0.1) is 11.4 Å². The molecule has 6 heteroatoms. The van der Waals surface area contributed by atoms with E-state index in [1.807, 2.05) is 62.4 Å². The Kier molecular flexibility index (Phi) is 4.12. The highest BCUT2D eigenvalue weighted by atomic mass is 32.1. The Morgan fingerprint density at radius 2 is 1.93 bits per heavy atom. The molecule has 0 unspecified atom stereocenters. The molecule has 1 aliphatic rings. The lowest BCUT2D eigenvalue weighted by Gasteiger charge is -2.12. The van der Waals surface area contributed by atoms with Crippen LogP contribution in [0.2, 0.25) is 0 Å². The highest BCUT2D eigenvalue weighted by Gasteiger charge is 2.20. The third kappa shape index (κ3) is 2.94. The van der Waals surface area contributed by atoms with Gasteiger partial charge in [0, 0.05) is 16.8 Å². The summed E-state index contributed by atoms with van der Waals surface area (Å²) < 4.78 is 1.60. The van der Waals surface area contributed by atoms with Gasteiger partial charge >= 0.3 is 0 Å². The minimum atomic E-state index is -0.439. The van der Waals surface area contributed by atoms with Crippen LogP contribution < -0.4 is 5.56 Å². The number of rotatable bonds is 2. The minimum absolute atomic E-state index is 0.141. The fourth-order valence-electron chi connectivity index (χ4n) is 3.24. The number of hydrogen-bond acceptors (Lipinski definition) is 4. The molecule has 0 atom stereocenters. The molecule has 0 spiro atoms. The molecule has 2 N–H and O–H groups in total. The predicted octanol–water partition coefficient (Wildman–Crippen LogP) is 4.56. The molecule has 4 rings (SSSR count). The van der Waals surface area contributed by atoms with E-state index < -0.39 is 5.56 Å². The van der Waals surface area contributed by atoms with E-state index in [4.69, 9.17) is 12.2 Å². The van der Waals surface area contributed by atoms with Crippen molar-refractivity contribution in [1.29, 1.82) is 0 Å². The predicted molar refractivity (Wildman–Crippen MR) is 111 cm³/mol. The van der Waals surface area contributed by atoms with E-state index >= 15 is 0 Å². The molecule has 0 amide bonds. The van der Waals surface area contributed by atoms with Crippen LogP contribution in [0.15, 0.2) is 58.3 Å². The number of fused-ring (bicyclic) bond motifs is 1. The Morgan fingerprint density at radius 1 is 1.15 bits per heavy atom.